The Morgan fingerprint density at radius 3 is 2.50 bits per heavy atom. The number of nitrogens with two attached hydrogens (primary N) is 1. The number of hydrogen-bond acceptors (Lipinski definition) is 3. The molecule has 0 unspecified atom stereocenters. The first-order valence-electron chi connectivity index (χ1n) is 5.75. The summed E-state index contributed by atoms with van der Waals surface area (Å²) in [5.74, 6) is 0.578. The van der Waals surface area contributed by atoms with Crippen LogP contribution in [-0.2, 0) is 4.79 Å². The van der Waals surface area contributed by atoms with Gasteiger partial charge in [0.15, 0.2) is 0 Å². The molecule has 2 rings (SSSR count). The van der Waals surface area contributed by atoms with Crippen LogP contribution in [0.3, 0.4) is 0 Å². The van der Waals surface area contributed by atoms with E-state index >= 15 is 0 Å². The zero-order chi connectivity index (χ0) is 13.1. The van der Waals surface area contributed by atoms with Crippen LogP contribution in [0.4, 0.5) is 5.69 Å². The molecule has 0 saturated carbocycles. The second-order valence-electron chi connectivity index (χ2n) is 4.14. The SMILES string of the molecule is COc1ccc(NC(=O)[C@H](C)N)c2ccccc12. The predicted octanol–water partition coefficient (Wildman–Crippen LogP) is 2.13. The van der Waals surface area contributed by atoms with Crippen LogP contribution in [0.25, 0.3) is 10.8 Å². The van der Waals surface area contributed by atoms with Gasteiger partial charge >= 0.3 is 0 Å². The lowest BCUT2D eigenvalue weighted by Crippen LogP contribution is -2.32. The second kappa shape index (κ2) is 5.06. The van der Waals surface area contributed by atoms with Crippen LogP contribution in [0, 0.1) is 0 Å². The van der Waals surface area contributed by atoms with E-state index in [1.54, 1.807) is 14.0 Å². The molecule has 1 atom stereocenters. The maximum Gasteiger partial charge on any atom is 0.241 e. The molecule has 0 aliphatic heterocycles. The van der Waals surface area contributed by atoms with Crippen molar-refractivity contribution in [3.8, 4) is 5.75 Å². The van der Waals surface area contributed by atoms with Crippen molar-refractivity contribution < 1.29 is 9.53 Å². The van der Waals surface area contributed by atoms with Crippen LogP contribution in [0.1, 0.15) is 6.92 Å². The van der Waals surface area contributed by atoms with Gasteiger partial charge in [0.1, 0.15) is 5.75 Å². The van der Waals surface area contributed by atoms with E-state index in [0.29, 0.717) is 0 Å². The van der Waals surface area contributed by atoms with Gasteiger partial charge in [-0.2, -0.15) is 0 Å². The van der Waals surface area contributed by atoms with Crippen LogP contribution in [-0.4, -0.2) is 19.1 Å². The molecule has 1 amide bonds. The molecule has 4 nitrogen and oxygen atoms in total. The van der Waals surface area contributed by atoms with Gasteiger partial charge in [0.05, 0.1) is 13.2 Å². The highest BCUT2D eigenvalue weighted by Gasteiger charge is 2.11. The van der Waals surface area contributed by atoms with E-state index in [1.165, 1.54) is 0 Å². The Labute approximate surface area is 106 Å². The molecule has 0 bridgehead atoms. The average Bonchev–Trinajstić information content (AvgIpc) is 2.39. The predicted molar refractivity (Wildman–Crippen MR) is 72.8 cm³/mol. The van der Waals surface area contributed by atoms with E-state index < -0.39 is 6.04 Å². The van der Waals surface area contributed by atoms with Gasteiger partial charge in [-0.3, -0.25) is 4.79 Å². The van der Waals surface area contributed by atoms with Crippen molar-refractivity contribution in [2.24, 2.45) is 5.73 Å². The summed E-state index contributed by atoms with van der Waals surface area (Å²) in [7, 11) is 1.63. The number of anilines is 1. The molecule has 0 aliphatic carbocycles. The molecule has 0 heterocycles. The number of benzene rings is 2. The normalized spacial score (nSPS) is 12.2. The summed E-state index contributed by atoms with van der Waals surface area (Å²) in [4.78, 5) is 11.6. The summed E-state index contributed by atoms with van der Waals surface area (Å²) in [6.45, 7) is 1.65. The molecule has 0 aromatic heterocycles. The third-order valence-electron chi connectivity index (χ3n) is 2.78. The molecule has 94 valence electrons. The van der Waals surface area contributed by atoms with Crippen LogP contribution in [0.2, 0.25) is 0 Å². The maximum atomic E-state index is 11.6. The molecule has 0 radical (unpaired) electrons. The first-order chi connectivity index (χ1) is 8.63. The minimum Gasteiger partial charge on any atom is -0.496 e. The van der Waals surface area contributed by atoms with E-state index in [4.69, 9.17) is 10.5 Å². The molecular weight excluding hydrogens is 228 g/mol. The summed E-state index contributed by atoms with van der Waals surface area (Å²) in [5.41, 5.74) is 6.29. The van der Waals surface area contributed by atoms with Crippen LogP contribution in [0.5, 0.6) is 5.75 Å². The maximum absolute atomic E-state index is 11.6. The number of fused-ring (bicyclic) bond motifs is 1. The zero-order valence-corrected chi connectivity index (χ0v) is 10.4. The number of carbonyl (C=O) groups excluding carboxylic acids is 1. The zero-order valence-electron chi connectivity index (χ0n) is 10.4. The number of ether oxygens (including phenoxy) is 1. The monoisotopic (exact) mass is 244 g/mol. The van der Waals surface area contributed by atoms with Crippen molar-refractivity contribution in [2.45, 2.75) is 13.0 Å². The Balaban J connectivity index is 2.49. The molecular formula is C14H16N2O2. The highest BCUT2D eigenvalue weighted by Crippen LogP contribution is 2.31. The largest absolute Gasteiger partial charge is 0.496 e. The van der Waals surface area contributed by atoms with Gasteiger partial charge in [0.2, 0.25) is 5.91 Å². The fourth-order valence-corrected chi connectivity index (χ4v) is 1.80. The minimum absolute atomic E-state index is 0.203. The van der Waals surface area contributed by atoms with Crippen LogP contribution >= 0.6 is 0 Å². The fourth-order valence-electron chi connectivity index (χ4n) is 1.80. The number of nitrogens with one attached hydrogen (secondary N) is 1. The number of hydrogen-bond donors (Lipinski definition) is 2. The smallest absolute Gasteiger partial charge is 0.241 e. The van der Waals surface area contributed by atoms with Crippen molar-refractivity contribution >= 4 is 22.4 Å². The first-order valence-corrected chi connectivity index (χ1v) is 5.75. The van der Waals surface area contributed by atoms with Gasteiger partial charge in [0, 0.05) is 16.5 Å². The summed E-state index contributed by atoms with van der Waals surface area (Å²) >= 11 is 0. The van der Waals surface area contributed by atoms with Gasteiger partial charge < -0.3 is 15.8 Å². The number of amides is 1. The lowest BCUT2D eigenvalue weighted by atomic mass is 10.1. The lowest BCUT2D eigenvalue weighted by molar-refractivity contribution is -0.117. The molecule has 0 spiro atoms. The van der Waals surface area contributed by atoms with E-state index in [9.17, 15) is 4.79 Å². The third kappa shape index (κ3) is 2.28. The van der Waals surface area contributed by atoms with Gasteiger partial charge in [-0.15, -0.1) is 0 Å². The van der Waals surface area contributed by atoms with E-state index in [1.807, 2.05) is 36.4 Å². The van der Waals surface area contributed by atoms with E-state index in [0.717, 1.165) is 22.2 Å². The Morgan fingerprint density at radius 1 is 1.22 bits per heavy atom. The van der Waals surface area contributed by atoms with Gasteiger partial charge in [-0.25, -0.2) is 0 Å². The standard InChI is InChI=1S/C14H16N2O2/c1-9(15)14(17)16-12-7-8-13(18-2)11-6-4-3-5-10(11)12/h3-9H,15H2,1-2H3,(H,16,17)/t9-/m0/s1. The van der Waals surface area contributed by atoms with Crippen molar-refractivity contribution in [1.29, 1.82) is 0 Å². The number of carbonyl (C=O) groups is 1. The molecule has 3 N–H and O–H groups in total. The molecule has 18 heavy (non-hydrogen) atoms. The number of methoxy groups -OCH3 is 1. The topological polar surface area (TPSA) is 64.3 Å². The molecule has 2 aromatic rings. The molecule has 0 saturated heterocycles. The molecule has 0 aliphatic rings. The van der Waals surface area contributed by atoms with Crippen LogP contribution in [0.15, 0.2) is 36.4 Å². The quantitative estimate of drug-likeness (QED) is 0.869. The fraction of sp³-hybridized carbons (Fsp3) is 0.214. The Morgan fingerprint density at radius 2 is 1.89 bits per heavy atom. The van der Waals surface area contributed by atoms with Gasteiger partial charge in [0.25, 0.3) is 0 Å². The Bertz CT molecular complexity index is 579. The van der Waals surface area contributed by atoms with Crippen molar-refractivity contribution in [2.75, 3.05) is 12.4 Å². The van der Waals surface area contributed by atoms with E-state index in [-0.39, 0.29) is 5.91 Å². The van der Waals surface area contributed by atoms with Crippen LogP contribution < -0.4 is 15.8 Å². The lowest BCUT2D eigenvalue weighted by Gasteiger charge is -2.12. The molecule has 0 fully saturated rings. The Kier molecular flexibility index (Phi) is 3.48. The average molecular weight is 244 g/mol. The third-order valence-corrected chi connectivity index (χ3v) is 2.78. The number of rotatable bonds is 3. The summed E-state index contributed by atoms with van der Waals surface area (Å²) in [5, 5.41) is 4.71. The highest BCUT2D eigenvalue weighted by atomic mass is 16.5. The van der Waals surface area contributed by atoms with Gasteiger partial charge in [-0.1, -0.05) is 24.3 Å². The highest BCUT2D eigenvalue weighted by molar-refractivity contribution is 6.05. The minimum atomic E-state index is -0.536. The Hall–Kier alpha value is -2.07. The summed E-state index contributed by atoms with van der Waals surface area (Å²) in [6, 6.07) is 10.9. The molecule has 4 heteroatoms. The van der Waals surface area contributed by atoms with Crippen molar-refractivity contribution in [3.05, 3.63) is 36.4 Å². The summed E-state index contributed by atoms with van der Waals surface area (Å²) in [6.07, 6.45) is 0. The summed E-state index contributed by atoms with van der Waals surface area (Å²) < 4.78 is 5.30. The van der Waals surface area contributed by atoms with Crippen molar-refractivity contribution in [3.63, 3.8) is 0 Å². The second-order valence-corrected chi connectivity index (χ2v) is 4.14. The van der Waals surface area contributed by atoms with E-state index in [2.05, 4.69) is 5.32 Å². The molecule has 2 aromatic carbocycles. The first kappa shape index (κ1) is 12.4. The van der Waals surface area contributed by atoms with Gasteiger partial charge in [-0.05, 0) is 19.1 Å². The van der Waals surface area contributed by atoms with Crippen molar-refractivity contribution in [1.82, 2.24) is 0 Å².